The van der Waals surface area contributed by atoms with Crippen molar-refractivity contribution in [1.29, 1.82) is 0 Å². The molecule has 0 radical (unpaired) electrons. The predicted octanol–water partition coefficient (Wildman–Crippen LogP) is 4.83. The van der Waals surface area contributed by atoms with E-state index in [2.05, 4.69) is 10.3 Å². The number of hydrogen-bond donors (Lipinski definition) is 1. The quantitative estimate of drug-likeness (QED) is 0.450. The number of para-hydroxylation sites is 1. The second kappa shape index (κ2) is 8.61. The Morgan fingerprint density at radius 2 is 1.70 bits per heavy atom. The van der Waals surface area contributed by atoms with E-state index in [-0.39, 0.29) is 0 Å². The maximum absolute atomic E-state index is 10.8. The molecule has 1 aromatic heterocycles. The van der Waals surface area contributed by atoms with Crippen molar-refractivity contribution in [2.75, 3.05) is 24.4 Å². The van der Waals surface area contributed by atoms with Crippen LogP contribution in [0.5, 0.6) is 5.75 Å². The molecule has 0 bridgehead atoms. The number of rotatable bonds is 7. The summed E-state index contributed by atoms with van der Waals surface area (Å²) >= 11 is 0. The van der Waals surface area contributed by atoms with Crippen molar-refractivity contribution >= 4 is 34.6 Å². The summed E-state index contributed by atoms with van der Waals surface area (Å²) in [5.74, 6) is 2.16. The number of ether oxygens (including phenoxy) is 1. The summed E-state index contributed by atoms with van der Waals surface area (Å²) < 4.78 is 5.26. The van der Waals surface area contributed by atoms with E-state index in [1.165, 1.54) is 0 Å². The first kappa shape index (κ1) is 19.4. The number of carbonyl (C=O) groups is 1. The molecule has 1 N–H and O–H groups in total. The minimum absolute atomic E-state index is 0.545. The zero-order chi connectivity index (χ0) is 20.9. The number of benzene rings is 3. The Morgan fingerprint density at radius 1 is 0.967 bits per heavy atom. The van der Waals surface area contributed by atoms with Crippen LogP contribution in [0.2, 0.25) is 0 Å². The van der Waals surface area contributed by atoms with E-state index >= 15 is 0 Å². The largest absolute Gasteiger partial charge is 0.497 e. The molecule has 0 saturated carbocycles. The van der Waals surface area contributed by atoms with Gasteiger partial charge in [-0.3, -0.25) is 4.79 Å². The molecule has 30 heavy (non-hydrogen) atoms. The van der Waals surface area contributed by atoms with Crippen LogP contribution in [0, 0.1) is 0 Å². The molecule has 0 aliphatic carbocycles. The van der Waals surface area contributed by atoms with Crippen LogP contribution in [0.3, 0.4) is 0 Å². The third-order valence-electron chi connectivity index (χ3n) is 4.93. The lowest BCUT2D eigenvalue weighted by molar-refractivity contribution is 0.112. The summed E-state index contributed by atoms with van der Waals surface area (Å²) in [4.78, 5) is 22.3. The molecule has 3 aromatic carbocycles. The van der Waals surface area contributed by atoms with Crippen LogP contribution in [0.25, 0.3) is 10.9 Å². The molecule has 1 heterocycles. The van der Waals surface area contributed by atoms with Crippen LogP contribution >= 0.6 is 0 Å². The van der Waals surface area contributed by atoms with Gasteiger partial charge in [0.1, 0.15) is 17.9 Å². The second-order valence-electron chi connectivity index (χ2n) is 6.86. The molecule has 4 aromatic rings. The highest BCUT2D eigenvalue weighted by molar-refractivity contribution is 5.92. The molecule has 0 fully saturated rings. The Balaban J connectivity index is 1.65. The molecule has 0 saturated heterocycles. The van der Waals surface area contributed by atoms with Crippen molar-refractivity contribution in [2.45, 2.75) is 6.54 Å². The van der Waals surface area contributed by atoms with Crippen molar-refractivity contribution in [3.05, 3.63) is 83.9 Å². The van der Waals surface area contributed by atoms with Crippen LogP contribution in [0.15, 0.2) is 72.8 Å². The zero-order valence-corrected chi connectivity index (χ0v) is 16.9. The highest BCUT2D eigenvalue weighted by Crippen LogP contribution is 2.30. The molecule has 0 unspecified atom stereocenters. The molecule has 0 aliphatic rings. The van der Waals surface area contributed by atoms with Crippen molar-refractivity contribution in [2.24, 2.45) is 0 Å². The highest BCUT2D eigenvalue weighted by atomic mass is 16.5. The molecule has 0 aliphatic heterocycles. The molecule has 6 heteroatoms. The van der Waals surface area contributed by atoms with E-state index in [1.54, 1.807) is 19.2 Å². The van der Waals surface area contributed by atoms with Gasteiger partial charge in [0, 0.05) is 30.2 Å². The lowest BCUT2D eigenvalue weighted by atomic mass is 10.1. The van der Waals surface area contributed by atoms with Gasteiger partial charge in [-0.05, 0) is 42.0 Å². The van der Waals surface area contributed by atoms with Gasteiger partial charge in [-0.1, -0.05) is 36.4 Å². The number of nitrogens with one attached hydrogen (secondary N) is 1. The van der Waals surface area contributed by atoms with Crippen molar-refractivity contribution in [3.8, 4) is 5.75 Å². The van der Waals surface area contributed by atoms with Gasteiger partial charge in [-0.25, -0.2) is 4.98 Å². The fourth-order valence-corrected chi connectivity index (χ4v) is 3.22. The smallest absolute Gasteiger partial charge is 0.225 e. The summed E-state index contributed by atoms with van der Waals surface area (Å²) in [5, 5.41) is 4.27. The van der Waals surface area contributed by atoms with Crippen LogP contribution in [-0.4, -0.2) is 30.4 Å². The lowest BCUT2D eigenvalue weighted by Crippen LogP contribution is -2.14. The van der Waals surface area contributed by atoms with E-state index < -0.39 is 0 Å². The van der Waals surface area contributed by atoms with E-state index in [0.29, 0.717) is 18.1 Å². The van der Waals surface area contributed by atoms with Gasteiger partial charge in [0.05, 0.1) is 12.6 Å². The van der Waals surface area contributed by atoms with Crippen LogP contribution in [0.1, 0.15) is 15.9 Å². The predicted molar refractivity (Wildman–Crippen MR) is 120 cm³/mol. The fraction of sp³-hybridized carbons (Fsp3) is 0.125. The summed E-state index contributed by atoms with van der Waals surface area (Å²) in [5.41, 5.74) is 3.56. The van der Waals surface area contributed by atoms with Gasteiger partial charge in [0.25, 0.3) is 0 Å². The third kappa shape index (κ3) is 4.07. The third-order valence-corrected chi connectivity index (χ3v) is 4.93. The van der Waals surface area contributed by atoms with Crippen LogP contribution in [-0.2, 0) is 6.54 Å². The van der Waals surface area contributed by atoms with E-state index in [9.17, 15) is 4.79 Å². The maximum atomic E-state index is 10.8. The van der Waals surface area contributed by atoms with Gasteiger partial charge in [0.2, 0.25) is 5.95 Å². The SMILES string of the molecule is COc1ccc(N(C)c2nc(NCc3ccc(C=O)cc3)nc3ccccc23)cc1. The topological polar surface area (TPSA) is 67.3 Å². The molecule has 150 valence electrons. The number of nitrogens with zero attached hydrogens (tertiary/aromatic N) is 3. The number of carbonyl (C=O) groups excluding carboxylic acids is 1. The summed E-state index contributed by atoms with van der Waals surface area (Å²) in [6.07, 6.45) is 0.838. The number of hydrogen-bond acceptors (Lipinski definition) is 6. The minimum atomic E-state index is 0.545. The highest BCUT2D eigenvalue weighted by Gasteiger charge is 2.13. The number of fused-ring (bicyclic) bond motifs is 1. The first-order chi connectivity index (χ1) is 14.7. The van der Waals surface area contributed by atoms with Crippen molar-refractivity contribution < 1.29 is 9.53 Å². The maximum Gasteiger partial charge on any atom is 0.225 e. The average molecular weight is 398 g/mol. The standard InChI is InChI=1S/C24H22N4O2/c1-28(19-11-13-20(30-2)14-12-19)23-21-5-3-4-6-22(21)26-24(27-23)25-15-17-7-9-18(16-29)10-8-17/h3-14,16H,15H2,1-2H3,(H,25,26,27). The van der Waals surface area contributed by atoms with Gasteiger partial charge in [-0.2, -0.15) is 4.98 Å². The molecule has 4 rings (SSSR count). The first-order valence-corrected chi connectivity index (χ1v) is 9.60. The van der Waals surface area contributed by atoms with Crippen LogP contribution < -0.4 is 15.0 Å². The number of aldehydes is 1. The average Bonchev–Trinajstić information content (AvgIpc) is 2.82. The molecular weight excluding hydrogens is 376 g/mol. The lowest BCUT2D eigenvalue weighted by Gasteiger charge is -2.21. The van der Waals surface area contributed by atoms with E-state index in [4.69, 9.17) is 9.72 Å². The van der Waals surface area contributed by atoms with Gasteiger partial charge in [0.15, 0.2) is 0 Å². The van der Waals surface area contributed by atoms with Crippen molar-refractivity contribution in [3.63, 3.8) is 0 Å². The van der Waals surface area contributed by atoms with Crippen molar-refractivity contribution in [1.82, 2.24) is 9.97 Å². The number of methoxy groups -OCH3 is 1. The Morgan fingerprint density at radius 3 is 2.40 bits per heavy atom. The molecular formula is C24H22N4O2. The molecule has 6 nitrogen and oxygen atoms in total. The zero-order valence-electron chi connectivity index (χ0n) is 16.9. The van der Waals surface area contributed by atoms with Gasteiger partial charge < -0.3 is 15.0 Å². The Kier molecular flexibility index (Phi) is 5.57. The normalized spacial score (nSPS) is 10.6. The first-order valence-electron chi connectivity index (χ1n) is 9.60. The Labute approximate surface area is 175 Å². The van der Waals surface area contributed by atoms with Crippen LogP contribution in [0.4, 0.5) is 17.5 Å². The molecule has 0 amide bonds. The monoisotopic (exact) mass is 398 g/mol. The fourth-order valence-electron chi connectivity index (χ4n) is 3.22. The summed E-state index contributed by atoms with van der Waals surface area (Å²) in [7, 11) is 3.64. The Bertz CT molecular complexity index is 1160. The summed E-state index contributed by atoms with van der Waals surface area (Å²) in [6.45, 7) is 0.559. The molecule has 0 spiro atoms. The van der Waals surface area contributed by atoms with E-state index in [0.717, 1.165) is 40.0 Å². The minimum Gasteiger partial charge on any atom is -0.497 e. The van der Waals surface area contributed by atoms with E-state index in [1.807, 2.05) is 72.6 Å². The number of anilines is 3. The van der Waals surface area contributed by atoms with Gasteiger partial charge in [-0.15, -0.1) is 0 Å². The summed E-state index contributed by atoms with van der Waals surface area (Å²) in [6, 6.07) is 23.2. The number of aromatic nitrogens is 2. The Hall–Kier alpha value is -3.93. The van der Waals surface area contributed by atoms with Gasteiger partial charge >= 0.3 is 0 Å². The second-order valence-corrected chi connectivity index (χ2v) is 6.86. The molecule has 0 atom stereocenters.